The van der Waals surface area contributed by atoms with Crippen LogP contribution < -0.4 is 5.32 Å². The largest absolute Gasteiger partial charge is 0.338 e. The van der Waals surface area contributed by atoms with Crippen LogP contribution in [0.15, 0.2) is 84.9 Å². The maximum atomic E-state index is 12.4. The molecule has 0 saturated heterocycles. The molecule has 0 atom stereocenters. The Labute approximate surface area is 178 Å². The molecule has 0 aliphatic heterocycles. The van der Waals surface area contributed by atoms with Crippen molar-refractivity contribution < 1.29 is 4.79 Å². The van der Waals surface area contributed by atoms with E-state index in [0.717, 1.165) is 39.1 Å². The van der Waals surface area contributed by atoms with Crippen molar-refractivity contribution in [3.05, 3.63) is 95.5 Å². The van der Waals surface area contributed by atoms with Crippen LogP contribution in [-0.4, -0.2) is 15.9 Å². The summed E-state index contributed by atoms with van der Waals surface area (Å²) in [4.78, 5) is 20.6. The first-order valence-electron chi connectivity index (χ1n) is 9.67. The molecule has 0 saturated carbocycles. The monoisotopic (exact) mass is 411 g/mol. The zero-order valence-corrected chi connectivity index (χ0v) is 16.8. The second-order valence-corrected chi connectivity index (χ2v) is 7.67. The first-order valence-corrected chi connectivity index (χ1v) is 10.1. The minimum atomic E-state index is -0.0784. The van der Waals surface area contributed by atoms with E-state index in [2.05, 4.69) is 34.6 Å². The minimum Gasteiger partial charge on any atom is -0.338 e. The van der Waals surface area contributed by atoms with Gasteiger partial charge in [0.15, 0.2) is 0 Å². The number of hydrogen-bond acceptors (Lipinski definition) is 2. The lowest BCUT2D eigenvalue weighted by molar-refractivity contribution is -0.115. The highest BCUT2D eigenvalue weighted by Crippen LogP contribution is 2.26. The summed E-state index contributed by atoms with van der Waals surface area (Å²) in [5.74, 6) is 0.694. The highest BCUT2D eigenvalue weighted by molar-refractivity contribution is 6.30. The third-order valence-corrected chi connectivity index (χ3v) is 5.30. The van der Waals surface area contributed by atoms with Gasteiger partial charge in [-0.1, -0.05) is 60.1 Å². The Kier molecular flexibility index (Phi) is 4.69. The number of aromatic nitrogens is 2. The number of halogens is 1. The van der Waals surface area contributed by atoms with Crippen LogP contribution in [0.1, 0.15) is 5.56 Å². The average Bonchev–Trinajstić information content (AvgIpc) is 3.17. The summed E-state index contributed by atoms with van der Waals surface area (Å²) < 4.78 is 0. The molecule has 0 radical (unpaired) electrons. The molecule has 4 aromatic carbocycles. The molecule has 30 heavy (non-hydrogen) atoms. The molecule has 4 nitrogen and oxygen atoms in total. The maximum absolute atomic E-state index is 12.4. The molecule has 1 amide bonds. The van der Waals surface area contributed by atoms with Gasteiger partial charge in [-0.05, 0) is 52.7 Å². The second kappa shape index (κ2) is 7.65. The van der Waals surface area contributed by atoms with Crippen LogP contribution in [0.4, 0.5) is 5.69 Å². The van der Waals surface area contributed by atoms with Gasteiger partial charge >= 0.3 is 0 Å². The van der Waals surface area contributed by atoms with Crippen molar-refractivity contribution in [2.24, 2.45) is 0 Å². The van der Waals surface area contributed by atoms with E-state index in [1.165, 1.54) is 5.39 Å². The first kappa shape index (κ1) is 18.4. The van der Waals surface area contributed by atoms with Crippen LogP contribution in [0.2, 0.25) is 5.02 Å². The van der Waals surface area contributed by atoms with Crippen molar-refractivity contribution in [1.82, 2.24) is 9.97 Å². The van der Waals surface area contributed by atoms with Crippen molar-refractivity contribution in [1.29, 1.82) is 0 Å². The number of imidazole rings is 1. The fraction of sp³-hybridized carbons (Fsp3) is 0.0400. The fourth-order valence-corrected chi connectivity index (χ4v) is 3.70. The van der Waals surface area contributed by atoms with Crippen LogP contribution in [0, 0.1) is 0 Å². The fourth-order valence-electron chi connectivity index (χ4n) is 3.57. The molecular weight excluding hydrogens is 394 g/mol. The Morgan fingerprint density at radius 2 is 1.67 bits per heavy atom. The van der Waals surface area contributed by atoms with E-state index in [1.807, 2.05) is 48.5 Å². The number of nitrogens with one attached hydrogen (secondary N) is 2. The number of benzene rings is 4. The van der Waals surface area contributed by atoms with Gasteiger partial charge in [0, 0.05) is 16.3 Å². The minimum absolute atomic E-state index is 0.0784. The van der Waals surface area contributed by atoms with Crippen LogP contribution in [0.25, 0.3) is 33.2 Å². The zero-order chi connectivity index (χ0) is 20.5. The first-order chi connectivity index (χ1) is 14.6. The highest BCUT2D eigenvalue weighted by atomic mass is 35.5. The van der Waals surface area contributed by atoms with E-state index in [0.29, 0.717) is 11.4 Å². The molecule has 0 aliphatic carbocycles. The number of carbonyl (C=O) groups is 1. The van der Waals surface area contributed by atoms with Gasteiger partial charge in [0.1, 0.15) is 5.82 Å². The second-order valence-electron chi connectivity index (χ2n) is 7.23. The lowest BCUT2D eigenvalue weighted by Crippen LogP contribution is -2.14. The van der Waals surface area contributed by atoms with Crippen molar-refractivity contribution >= 4 is 45.0 Å². The number of H-pyrrole nitrogens is 1. The third-order valence-electron chi connectivity index (χ3n) is 5.05. The highest BCUT2D eigenvalue weighted by Gasteiger charge is 2.09. The molecule has 0 bridgehead atoms. The van der Waals surface area contributed by atoms with Crippen LogP contribution in [-0.2, 0) is 11.2 Å². The molecule has 5 aromatic rings. The molecule has 0 unspecified atom stereocenters. The normalized spacial score (nSPS) is 11.1. The van der Waals surface area contributed by atoms with Gasteiger partial charge < -0.3 is 10.3 Å². The number of amides is 1. The van der Waals surface area contributed by atoms with Crippen molar-refractivity contribution in [3.8, 4) is 11.4 Å². The van der Waals surface area contributed by atoms with Crippen LogP contribution in [0.3, 0.4) is 0 Å². The Morgan fingerprint density at radius 3 is 2.47 bits per heavy atom. The van der Waals surface area contributed by atoms with E-state index < -0.39 is 0 Å². The van der Waals surface area contributed by atoms with Crippen molar-refractivity contribution in [3.63, 3.8) is 0 Å². The molecule has 5 heteroatoms. The Hall–Kier alpha value is -3.63. The number of carbonyl (C=O) groups excluding carboxylic acids is 1. The van der Waals surface area contributed by atoms with Crippen molar-refractivity contribution in [2.75, 3.05) is 5.32 Å². The quantitative estimate of drug-likeness (QED) is 0.369. The zero-order valence-electron chi connectivity index (χ0n) is 16.0. The predicted molar refractivity (Wildman–Crippen MR) is 123 cm³/mol. The average molecular weight is 412 g/mol. The molecule has 146 valence electrons. The lowest BCUT2D eigenvalue weighted by atomic mass is 10.1. The third kappa shape index (κ3) is 3.78. The lowest BCUT2D eigenvalue weighted by Gasteiger charge is -2.07. The number of anilines is 1. The molecule has 0 spiro atoms. The molecule has 1 heterocycles. The Bertz CT molecular complexity index is 1320. The van der Waals surface area contributed by atoms with Crippen molar-refractivity contribution in [2.45, 2.75) is 6.42 Å². The SMILES string of the molecule is O=C(Cc1ccc(Cl)cc1)Nc1cccc(-c2nc3cc4ccccc4cc3[nH]2)c1. The number of aromatic amines is 1. The van der Waals surface area contributed by atoms with E-state index in [-0.39, 0.29) is 5.91 Å². The van der Waals surface area contributed by atoms with E-state index in [1.54, 1.807) is 12.1 Å². The van der Waals surface area contributed by atoms with Gasteiger partial charge in [-0.25, -0.2) is 4.98 Å². The molecular formula is C25H18ClN3O. The summed E-state index contributed by atoms with van der Waals surface area (Å²) in [6, 6.07) is 27.4. The summed E-state index contributed by atoms with van der Waals surface area (Å²) in [6.45, 7) is 0. The van der Waals surface area contributed by atoms with Gasteiger partial charge in [0.25, 0.3) is 0 Å². The standard InChI is InChI=1S/C25H18ClN3O/c26-20-10-8-16(9-11-20)12-24(30)27-21-7-3-6-19(13-21)25-28-22-14-17-4-1-2-5-18(17)15-23(22)29-25/h1-11,13-15H,12H2,(H,27,30)(H,28,29). The summed E-state index contributed by atoms with van der Waals surface area (Å²) in [6.07, 6.45) is 0.290. The number of hydrogen-bond donors (Lipinski definition) is 2. The van der Waals surface area contributed by atoms with E-state index >= 15 is 0 Å². The summed E-state index contributed by atoms with van der Waals surface area (Å²) in [7, 11) is 0. The topological polar surface area (TPSA) is 57.8 Å². The molecule has 0 aliphatic rings. The Balaban J connectivity index is 1.39. The van der Waals surface area contributed by atoms with Gasteiger partial charge in [-0.2, -0.15) is 0 Å². The Morgan fingerprint density at radius 1 is 0.900 bits per heavy atom. The number of nitrogens with zero attached hydrogens (tertiary/aromatic N) is 1. The van der Waals surface area contributed by atoms with Crippen LogP contribution in [0.5, 0.6) is 0 Å². The molecule has 5 rings (SSSR count). The van der Waals surface area contributed by atoms with E-state index in [9.17, 15) is 4.79 Å². The molecule has 1 aromatic heterocycles. The molecule has 0 fully saturated rings. The number of rotatable bonds is 4. The maximum Gasteiger partial charge on any atom is 0.228 e. The van der Waals surface area contributed by atoms with Gasteiger partial charge in [-0.15, -0.1) is 0 Å². The predicted octanol–water partition coefficient (Wildman–Crippen LogP) is 6.22. The summed E-state index contributed by atoms with van der Waals surface area (Å²) in [5, 5.41) is 5.95. The summed E-state index contributed by atoms with van der Waals surface area (Å²) >= 11 is 5.90. The summed E-state index contributed by atoms with van der Waals surface area (Å²) in [5.41, 5.74) is 4.47. The van der Waals surface area contributed by atoms with Crippen LogP contribution >= 0.6 is 11.6 Å². The van der Waals surface area contributed by atoms with Gasteiger partial charge in [0.05, 0.1) is 17.5 Å². The van der Waals surface area contributed by atoms with E-state index in [4.69, 9.17) is 16.6 Å². The molecule has 2 N–H and O–H groups in total. The smallest absolute Gasteiger partial charge is 0.228 e. The van der Waals surface area contributed by atoms with Gasteiger partial charge in [0.2, 0.25) is 5.91 Å². The number of fused-ring (bicyclic) bond motifs is 2. The van der Waals surface area contributed by atoms with Gasteiger partial charge in [-0.3, -0.25) is 4.79 Å².